The first-order chi connectivity index (χ1) is 5.99. The molecular weight excluding hydrogens is 170 g/mol. The van der Waals surface area contributed by atoms with Crippen LogP contribution in [0.5, 0.6) is 0 Å². The molecule has 0 rings (SSSR count). The average molecular weight is 185 g/mol. The highest BCUT2D eigenvalue weighted by Gasteiger charge is 2.16. The van der Waals surface area contributed by atoms with Crippen LogP contribution in [0.3, 0.4) is 0 Å². The molecule has 2 N–H and O–H groups in total. The number of nitrogens with one attached hydrogen (secondary N) is 2. The van der Waals surface area contributed by atoms with Gasteiger partial charge in [0.25, 0.3) is 5.91 Å². The van der Waals surface area contributed by atoms with Crippen LogP contribution in [0, 0.1) is 0 Å². The van der Waals surface area contributed by atoms with Gasteiger partial charge in [0.2, 0.25) is 0 Å². The summed E-state index contributed by atoms with van der Waals surface area (Å²) in [4.78, 5) is 22.2. The van der Waals surface area contributed by atoms with E-state index in [0.29, 0.717) is 0 Å². The predicted octanol–water partition coefficient (Wildman–Crippen LogP) is -0.325. The smallest absolute Gasteiger partial charge is 0.275 e. The van der Waals surface area contributed by atoms with Crippen molar-refractivity contribution in [2.24, 2.45) is 5.10 Å². The average Bonchev–Trinajstić information content (AvgIpc) is 1.97. The molecule has 0 spiro atoms. The van der Waals surface area contributed by atoms with Crippen LogP contribution in [0.25, 0.3) is 0 Å². The summed E-state index contributed by atoms with van der Waals surface area (Å²) in [5.74, 6) is -0.802. The van der Waals surface area contributed by atoms with Gasteiger partial charge < -0.3 is 10.7 Å². The number of carbonyl (C=O) groups excluding carboxylic acids is 2. The van der Waals surface area contributed by atoms with Gasteiger partial charge in [0.05, 0.1) is 0 Å². The number of Topliss-reactive ketones (excluding diaryl/α,β-unsaturated/α-hetero) is 1. The summed E-state index contributed by atoms with van der Waals surface area (Å²) in [7, 11) is 1.53. The lowest BCUT2D eigenvalue weighted by molar-refractivity contribution is -0.117. The number of hydrogen-bond donors (Lipinski definition) is 2. The molecule has 0 radical (unpaired) electrons. The minimum Gasteiger partial charge on any atom is -0.348 e. The number of carbonyl (C=O) groups is 2. The van der Waals surface area contributed by atoms with Crippen LogP contribution in [0.4, 0.5) is 0 Å². The Bertz CT molecular complexity index is 234. The van der Waals surface area contributed by atoms with Crippen molar-refractivity contribution in [1.29, 1.82) is 0 Å². The Morgan fingerprint density at radius 3 is 2.15 bits per heavy atom. The number of amides is 1. The summed E-state index contributed by atoms with van der Waals surface area (Å²) >= 11 is 0. The second-order valence-corrected chi connectivity index (χ2v) is 2.87. The van der Waals surface area contributed by atoms with Crippen molar-refractivity contribution < 1.29 is 9.59 Å². The molecule has 0 fully saturated rings. The third-order valence-electron chi connectivity index (χ3n) is 1.19. The van der Waals surface area contributed by atoms with Gasteiger partial charge in [-0.15, -0.1) is 0 Å². The molecule has 0 aromatic carbocycles. The number of rotatable bonds is 4. The van der Waals surface area contributed by atoms with Crippen LogP contribution in [0.15, 0.2) is 5.10 Å². The highest BCUT2D eigenvalue weighted by molar-refractivity contribution is 6.65. The van der Waals surface area contributed by atoms with E-state index in [9.17, 15) is 9.59 Å². The first-order valence-electron chi connectivity index (χ1n) is 4.05. The lowest BCUT2D eigenvalue weighted by Crippen LogP contribution is -2.39. The maximum Gasteiger partial charge on any atom is 0.275 e. The van der Waals surface area contributed by atoms with E-state index in [0.717, 1.165) is 0 Å². The standard InChI is InChI=1S/C8H15N3O2/c1-5(2)10-8(13)7(6(3)12)11-9-4/h5,9H,1-4H3,(H,10,13)/b11-7+. The van der Waals surface area contributed by atoms with Crippen molar-refractivity contribution in [3.05, 3.63) is 0 Å². The fourth-order valence-corrected chi connectivity index (χ4v) is 0.732. The SMILES string of the molecule is CN/N=C(\C(C)=O)C(=O)NC(C)C. The van der Waals surface area contributed by atoms with Crippen molar-refractivity contribution in [2.75, 3.05) is 7.05 Å². The molecule has 1 amide bonds. The number of nitrogens with zero attached hydrogens (tertiary/aromatic N) is 1. The van der Waals surface area contributed by atoms with E-state index in [1.54, 1.807) is 0 Å². The summed E-state index contributed by atoms with van der Waals surface area (Å²) in [5.41, 5.74) is 2.31. The van der Waals surface area contributed by atoms with E-state index < -0.39 is 5.91 Å². The molecule has 0 aliphatic heterocycles. The van der Waals surface area contributed by atoms with Crippen LogP contribution in [0.2, 0.25) is 0 Å². The Balaban J connectivity index is 4.48. The lowest BCUT2D eigenvalue weighted by atomic mass is 10.2. The maximum atomic E-state index is 11.3. The van der Waals surface area contributed by atoms with Crippen molar-refractivity contribution in [2.45, 2.75) is 26.8 Å². The monoisotopic (exact) mass is 185 g/mol. The van der Waals surface area contributed by atoms with E-state index in [1.807, 2.05) is 13.8 Å². The summed E-state index contributed by atoms with van der Waals surface area (Å²) in [5, 5.41) is 6.16. The van der Waals surface area contributed by atoms with Gasteiger partial charge in [-0.2, -0.15) is 5.10 Å². The van der Waals surface area contributed by atoms with Gasteiger partial charge in [0.15, 0.2) is 11.5 Å². The van der Waals surface area contributed by atoms with Crippen LogP contribution in [-0.4, -0.2) is 30.5 Å². The normalized spacial score (nSPS) is 11.3. The van der Waals surface area contributed by atoms with Gasteiger partial charge in [-0.25, -0.2) is 0 Å². The van der Waals surface area contributed by atoms with Gasteiger partial charge in [-0.3, -0.25) is 9.59 Å². The van der Waals surface area contributed by atoms with Crippen molar-refractivity contribution >= 4 is 17.4 Å². The maximum absolute atomic E-state index is 11.3. The molecule has 0 saturated carbocycles. The molecule has 0 bridgehead atoms. The zero-order valence-corrected chi connectivity index (χ0v) is 8.34. The summed E-state index contributed by atoms with van der Waals surface area (Å²) < 4.78 is 0. The summed E-state index contributed by atoms with van der Waals surface area (Å²) in [6, 6.07) is -0.00564. The van der Waals surface area contributed by atoms with Gasteiger partial charge in [-0.05, 0) is 13.8 Å². The molecule has 0 atom stereocenters. The third-order valence-corrected chi connectivity index (χ3v) is 1.19. The third kappa shape index (κ3) is 4.25. The van der Waals surface area contributed by atoms with Gasteiger partial charge >= 0.3 is 0 Å². The highest BCUT2D eigenvalue weighted by atomic mass is 16.2. The first-order valence-corrected chi connectivity index (χ1v) is 4.05. The molecule has 5 heteroatoms. The van der Waals surface area contributed by atoms with E-state index in [4.69, 9.17) is 0 Å². The molecule has 0 aliphatic carbocycles. The second-order valence-electron chi connectivity index (χ2n) is 2.87. The Morgan fingerprint density at radius 2 is 1.85 bits per heavy atom. The summed E-state index contributed by atoms with van der Waals surface area (Å²) in [6.45, 7) is 4.93. The molecule has 0 saturated heterocycles. The van der Waals surface area contributed by atoms with E-state index in [1.165, 1.54) is 14.0 Å². The topological polar surface area (TPSA) is 70.6 Å². The second kappa shape index (κ2) is 5.29. The van der Waals surface area contributed by atoms with Gasteiger partial charge in [-0.1, -0.05) is 0 Å². The molecule has 0 unspecified atom stereocenters. The molecule has 5 nitrogen and oxygen atoms in total. The minimum atomic E-state index is -0.447. The van der Waals surface area contributed by atoms with Crippen LogP contribution in [-0.2, 0) is 9.59 Å². The van der Waals surface area contributed by atoms with Crippen molar-refractivity contribution in [1.82, 2.24) is 10.7 Å². The van der Waals surface area contributed by atoms with E-state index in [-0.39, 0.29) is 17.5 Å². The number of hydrogen-bond acceptors (Lipinski definition) is 4. The Kier molecular flexibility index (Phi) is 4.72. The van der Waals surface area contributed by atoms with Crippen LogP contribution >= 0.6 is 0 Å². The van der Waals surface area contributed by atoms with Crippen LogP contribution < -0.4 is 10.7 Å². The molecule has 0 aliphatic rings. The van der Waals surface area contributed by atoms with E-state index >= 15 is 0 Å². The fraction of sp³-hybridized carbons (Fsp3) is 0.625. The van der Waals surface area contributed by atoms with Gasteiger partial charge in [0, 0.05) is 20.0 Å². The van der Waals surface area contributed by atoms with Crippen LogP contribution in [0.1, 0.15) is 20.8 Å². The van der Waals surface area contributed by atoms with Gasteiger partial charge in [0.1, 0.15) is 0 Å². The first kappa shape index (κ1) is 11.6. The fourth-order valence-electron chi connectivity index (χ4n) is 0.732. The molecule has 0 aromatic rings. The number of ketones is 1. The quantitative estimate of drug-likeness (QED) is 0.358. The summed E-state index contributed by atoms with van der Waals surface area (Å²) in [6.07, 6.45) is 0. The lowest BCUT2D eigenvalue weighted by Gasteiger charge is -2.07. The van der Waals surface area contributed by atoms with E-state index in [2.05, 4.69) is 15.8 Å². The Labute approximate surface area is 77.6 Å². The molecule has 0 aromatic heterocycles. The minimum absolute atomic E-state index is 0.00564. The van der Waals surface area contributed by atoms with Crippen molar-refractivity contribution in [3.63, 3.8) is 0 Å². The Morgan fingerprint density at radius 1 is 1.31 bits per heavy atom. The zero-order valence-electron chi connectivity index (χ0n) is 8.34. The Hall–Kier alpha value is -1.39. The molecule has 0 heterocycles. The zero-order chi connectivity index (χ0) is 10.4. The molecule has 13 heavy (non-hydrogen) atoms. The largest absolute Gasteiger partial charge is 0.348 e. The molecular formula is C8H15N3O2. The highest BCUT2D eigenvalue weighted by Crippen LogP contribution is 1.84. The molecule has 74 valence electrons. The number of hydrazone groups is 1. The van der Waals surface area contributed by atoms with Crippen molar-refractivity contribution in [3.8, 4) is 0 Å². The predicted molar refractivity (Wildman–Crippen MR) is 50.5 cm³/mol.